The Bertz CT molecular complexity index is 910. The number of fused-ring (bicyclic) bond motifs is 2. The molecule has 0 aromatic heterocycles. The minimum absolute atomic E-state index is 0.0314. The quantitative estimate of drug-likeness (QED) is 0.799. The molecule has 1 aromatic rings. The van der Waals surface area contributed by atoms with Crippen LogP contribution in [0, 0.1) is 22.7 Å². The Labute approximate surface area is 171 Å². The molecule has 1 saturated carbocycles. The van der Waals surface area contributed by atoms with Crippen LogP contribution in [-0.4, -0.2) is 35.1 Å². The number of carbonyl (C=O) groups excluding carboxylic acids is 3. The van der Waals surface area contributed by atoms with Gasteiger partial charge in [0.1, 0.15) is 11.5 Å². The Hall–Kier alpha value is -2.68. The number of Topliss-reactive ketones (excluding diaryl/α,β-unsaturated/α-hetero) is 1. The minimum atomic E-state index is -1.20. The number of likely N-dealkylation sites (tertiary alicyclic amines) is 1. The summed E-state index contributed by atoms with van der Waals surface area (Å²) in [5.74, 6) is -0.634. The summed E-state index contributed by atoms with van der Waals surface area (Å²) in [6.45, 7) is 3.48. The highest BCUT2D eigenvalue weighted by atomic mass is 16.2. The van der Waals surface area contributed by atoms with Crippen molar-refractivity contribution in [3.8, 4) is 6.07 Å². The number of ketones is 1. The van der Waals surface area contributed by atoms with E-state index in [1.807, 2.05) is 24.3 Å². The molecule has 0 bridgehead atoms. The van der Waals surface area contributed by atoms with E-state index < -0.39 is 16.9 Å². The molecular weight excluding hydrogens is 366 g/mol. The van der Waals surface area contributed by atoms with Gasteiger partial charge in [-0.1, -0.05) is 37.5 Å². The third-order valence-electron chi connectivity index (χ3n) is 7.02. The second kappa shape index (κ2) is 6.98. The van der Waals surface area contributed by atoms with Crippen LogP contribution >= 0.6 is 0 Å². The first-order valence-corrected chi connectivity index (χ1v) is 10.5. The number of hydrogen-bond donors (Lipinski definition) is 1. The van der Waals surface area contributed by atoms with Gasteiger partial charge in [-0.15, -0.1) is 0 Å². The second-order valence-electron chi connectivity index (χ2n) is 9.19. The number of nitrogens with zero attached hydrogens (tertiary/aromatic N) is 2. The van der Waals surface area contributed by atoms with Gasteiger partial charge < -0.3 is 10.2 Å². The molecule has 2 atom stereocenters. The predicted molar refractivity (Wildman–Crippen MR) is 108 cm³/mol. The Morgan fingerprint density at radius 2 is 1.90 bits per heavy atom. The van der Waals surface area contributed by atoms with Gasteiger partial charge in [0.05, 0.1) is 11.5 Å². The van der Waals surface area contributed by atoms with Gasteiger partial charge in [-0.2, -0.15) is 5.26 Å². The fourth-order valence-corrected chi connectivity index (χ4v) is 5.31. The molecule has 1 spiro atoms. The number of para-hydroxylation sites is 1. The van der Waals surface area contributed by atoms with Crippen molar-refractivity contribution < 1.29 is 14.4 Å². The minimum Gasteiger partial charge on any atom is -0.325 e. The molecule has 1 aromatic carbocycles. The van der Waals surface area contributed by atoms with Gasteiger partial charge in [-0.3, -0.25) is 14.4 Å². The van der Waals surface area contributed by atoms with Crippen LogP contribution in [0.3, 0.4) is 0 Å². The topological polar surface area (TPSA) is 90.3 Å². The summed E-state index contributed by atoms with van der Waals surface area (Å²) >= 11 is 0. The van der Waals surface area contributed by atoms with Gasteiger partial charge >= 0.3 is 0 Å². The van der Waals surface area contributed by atoms with Gasteiger partial charge in [-0.25, -0.2) is 0 Å². The van der Waals surface area contributed by atoms with Crippen molar-refractivity contribution in [3.63, 3.8) is 0 Å². The molecule has 2 amide bonds. The highest BCUT2D eigenvalue weighted by molar-refractivity contribution is 6.09. The fourth-order valence-electron chi connectivity index (χ4n) is 5.31. The van der Waals surface area contributed by atoms with E-state index in [2.05, 4.69) is 11.4 Å². The second-order valence-corrected chi connectivity index (χ2v) is 9.19. The zero-order chi connectivity index (χ0) is 20.8. The molecule has 4 rings (SSSR count). The van der Waals surface area contributed by atoms with E-state index in [1.165, 1.54) is 4.90 Å². The van der Waals surface area contributed by atoms with Crippen molar-refractivity contribution in [1.29, 1.82) is 5.26 Å². The number of nitrogens with one attached hydrogen (secondary N) is 1. The number of nitriles is 1. The normalized spacial score (nSPS) is 26.9. The number of rotatable bonds is 3. The average molecular weight is 393 g/mol. The zero-order valence-corrected chi connectivity index (χ0v) is 17.0. The van der Waals surface area contributed by atoms with E-state index in [0.717, 1.165) is 43.4 Å². The number of hydrogen-bond acceptors (Lipinski definition) is 4. The lowest BCUT2D eigenvalue weighted by Gasteiger charge is -2.34. The molecule has 29 heavy (non-hydrogen) atoms. The van der Waals surface area contributed by atoms with Crippen LogP contribution in [0.15, 0.2) is 24.3 Å². The molecule has 2 fully saturated rings. The van der Waals surface area contributed by atoms with Gasteiger partial charge in [0, 0.05) is 24.6 Å². The van der Waals surface area contributed by atoms with Crippen LogP contribution in [0.4, 0.5) is 5.69 Å². The van der Waals surface area contributed by atoms with E-state index >= 15 is 0 Å². The first-order valence-electron chi connectivity index (χ1n) is 10.5. The smallest absolute Gasteiger partial charge is 0.237 e. The molecular formula is C23H27N3O3. The van der Waals surface area contributed by atoms with Gasteiger partial charge in [0.25, 0.3) is 0 Å². The summed E-state index contributed by atoms with van der Waals surface area (Å²) in [4.78, 5) is 41.0. The van der Waals surface area contributed by atoms with E-state index in [9.17, 15) is 19.6 Å². The van der Waals surface area contributed by atoms with Crippen LogP contribution in [-0.2, 0) is 19.8 Å². The molecule has 1 N–H and O–H groups in total. The maximum absolute atomic E-state index is 13.5. The molecule has 2 aliphatic heterocycles. The lowest BCUT2D eigenvalue weighted by Crippen LogP contribution is -2.50. The third-order valence-corrected chi connectivity index (χ3v) is 7.02. The Balaban J connectivity index is 1.63. The summed E-state index contributed by atoms with van der Waals surface area (Å²) in [7, 11) is 0. The predicted octanol–water partition coefficient (Wildman–Crippen LogP) is 3.18. The van der Waals surface area contributed by atoms with E-state index in [0.29, 0.717) is 0 Å². The highest BCUT2D eigenvalue weighted by Crippen LogP contribution is 2.47. The molecule has 1 aliphatic carbocycles. The summed E-state index contributed by atoms with van der Waals surface area (Å²) < 4.78 is 0. The largest absolute Gasteiger partial charge is 0.325 e. The molecule has 0 unspecified atom stereocenters. The first kappa shape index (κ1) is 19.6. The lowest BCUT2D eigenvalue weighted by atomic mass is 9.74. The standard InChI is InChI=1S/C23H27N3O3/c1-22(2,19(27)15-8-4-3-5-9-15)21(29)26-14-23(12-16(26)13-24)17-10-6-7-11-18(17)25-20(23)28/h6-7,10-11,15-16H,3-5,8-9,12,14H2,1-2H3,(H,25,28)/t16-,23-/m0/s1. The van der Waals surface area contributed by atoms with E-state index in [-0.39, 0.29) is 36.5 Å². The van der Waals surface area contributed by atoms with E-state index in [1.54, 1.807) is 13.8 Å². The molecule has 6 nitrogen and oxygen atoms in total. The summed E-state index contributed by atoms with van der Waals surface area (Å²) in [5.41, 5.74) is -0.550. The highest BCUT2D eigenvalue weighted by Gasteiger charge is 2.58. The van der Waals surface area contributed by atoms with Gasteiger partial charge in [-0.05, 0) is 38.3 Å². The lowest BCUT2D eigenvalue weighted by molar-refractivity contribution is -0.150. The summed E-state index contributed by atoms with van der Waals surface area (Å²) in [6, 6.07) is 8.91. The third kappa shape index (κ3) is 2.95. The van der Waals surface area contributed by atoms with Crippen molar-refractivity contribution in [1.82, 2.24) is 4.90 Å². The molecule has 152 valence electrons. The Morgan fingerprint density at radius 1 is 1.21 bits per heavy atom. The van der Waals surface area contributed by atoms with Crippen LogP contribution in [0.2, 0.25) is 0 Å². The molecule has 0 radical (unpaired) electrons. The molecule has 3 aliphatic rings. The van der Waals surface area contributed by atoms with Crippen molar-refractivity contribution in [2.24, 2.45) is 11.3 Å². The Morgan fingerprint density at radius 3 is 2.59 bits per heavy atom. The average Bonchev–Trinajstić information content (AvgIpc) is 3.26. The number of benzene rings is 1. The number of carbonyl (C=O) groups is 3. The molecule has 2 heterocycles. The number of anilines is 1. The fraction of sp³-hybridized carbons (Fsp3) is 0.565. The zero-order valence-electron chi connectivity index (χ0n) is 17.0. The van der Waals surface area contributed by atoms with Crippen LogP contribution in [0.25, 0.3) is 0 Å². The van der Waals surface area contributed by atoms with Crippen molar-refractivity contribution >= 4 is 23.3 Å². The van der Waals surface area contributed by atoms with Crippen molar-refractivity contribution in [2.75, 3.05) is 11.9 Å². The van der Waals surface area contributed by atoms with E-state index in [4.69, 9.17) is 0 Å². The van der Waals surface area contributed by atoms with Crippen LogP contribution < -0.4 is 5.32 Å². The van der Waals surface area contributed by atoms with Crippen molar-refractivity contribution in [2.45, 2.75) is 63.8 Å². The van der Waals surface area contributed by atoms with Crippen LogP contribution in [0.5, 0.6) is 0 Å². The summed E-state index contributed by atoms with van der Waals surface area (Å²) in [5, 5.41) is 12.7. The van der Waals surface area contributed by atoms with Gasteiger partial charge in [0.2, 0.25) is 11.8 Å². The maximum Gasteiger partial charge on any atom is 0.237 e. The van der Waals surface area contributed by atoms with Gasteiger partial charge in [0.15, 0.2) is 5.78 Å². The summed E-state index contributed by atoms with van der Waals surface area (Å²) in [6.07, 6.45) is 5.09. The first-order chi connectivity index (χ1) is 13.8. The monoisotopic (exact) mass is 393 g/mol. The molecule has 6 heteroatoms. The van der Waals surface area contributed by atoms with Crippen molar-refractivity contribution in [3.05, 3.63) is 29.8 Å². The Kier molecular flexibility index (Phi) is 4.72. The number of amides is 2. The van der Waals surface area contributed by atoms with Crippen LogP contribution in [0.1, 0.15) is 57.9 Å². The molecule has 1 saturated heterocycles. The maximum atomic E-state index is 13.5. The SMILES string of the molecule is CC(C)(C(=O)C1CCCCC1)C(=O)N1C[C@]2(C[C@H]1C#N)C(=O)Nc1ccccc12.